The van der Waals surface area contributed by atoms with Crippen LogP contribution in [0.5, 0.6) is 0 Å². The van der Waals surface area contributed by atoms with Crippen molar-refractivity contribution >= 4 is 23.1 Å². The van der Waals surface area contributed by atoms with E-state index >= 15 is 0 Å². The summed E-state index contributed by atoms with van der Waals surface area (Å²) in [6.07, 6.45) is 0. The highest BCUT2D eigenvalue weighted by Gasteiger charge is 2.33. The van der Waals surface area contributed by atoms with Crippen molar-refractivity contribution in [3.8, 4) is 0 Å². The normalized spacial score (nSPS) is 24.5. The fraction of sp³-hybridized carbons (Fsp3) is 0.692. The highest BCUT2D eigenvalue weighted by Crippen LogP contribution is 2.35. The molecule has 0 bridgehead atoms. The molecule has 2 atom stereocenters. The molecule has 1 aliphatic heterocycles. The predicted octanol–water partition coefficient (Wildman–Crippen LogP) is 2.96. The summed E-state index contributed by atoms with van der Waals surface area (Å²) in [6, 6.07) is 2.78. The summed E-state index contributed by atoms with van der Waals surface area (Å²) in [7, 11) is 0. The van der Waals surface area contributed by atoms with Crippen LogP contribution in [0.2, 0.25) is 0 Å². The van der Waals surface area contributed by atoms with E-state index in [1.165, 1.54) is 11.3 Å². The van der Waals surface area contributed by atoms with Crippen LogP contribution in [-0.4, -0.2) is 34.5 Å². The van der Waals surface area contributed by atoms with E-state index < -0.39 is 0 Å². The van der Waals surface area contributed by atoms with Gasteiger partial charge in [-0.1, -0.05) is 0 Å². The Morgan fingerprint density at radius 1 is 1.47 bits per heavy atom. The van der Waals surface area contributed by atoms with Crippen LogP contribution in [0, 0.1) is 0 Å². The summed E-state index contributed by atoms with van der Waals surface area (Å²) in [5, 5.41) is 4.39. The molecule has 4 heteroatoms. The fourth-order valence-electron chi connectivity index (χ4n) is 2.58. The van der Waals surface area contributed by atoms with Crippen LogP contribution in [0.4, 0.5) is 0 Å². The lowest BCUT2D eigenvalue weighted by Crippen LogP contribution is -2.49. The second-order valence-corrected chi connectivity index (χ2v) is 8.02. The highest BCUT2D eigenvalue weighted by molar-refractivity contribution is 8.00. The van der Waals surface area contributed by atoms with E-state index in [0.717, 1.165) is 13.1 Å². The Balaban J connectivity index is 2.17. The molecule has 2 N–H and O–H groups in total. The molecule has 0 amide bonds. The predicted molar refractivity (Wildman–Crippen MR) is 78.8 cm³/mol. The minimum absolute atomic E-state index is 0.184. The first kappa shape index (κ1) is 13.4. The maximum Gasteiger partial charge on any atom is 0.0505 e. The van der Waals surface area contributed by atoms with Gasteiger partial charge in [-0.05, 0) is 43.2 Å². The summed E-state index contributed by atoms with van der Waals surface area (Å²) < 4.78 is 0.349. The lowest BCUT2D eigenvalue weighted by atomic mass is 10.0. The molecule has 0 radical (unpaired) electrons. The average Bonchev–Trinajstić information content (AvgIpc) is 2.69. The minimum Gasteiger partial charge on any atom is -0.326 e. The Hall–Kier alpha value is -0.0300. The topological polar surface area (TPSA) is 29.3 Å². The first-order valence-electron chi connectivity index (χ1n) is 6.15. The Kier molecular flexibility index (Phi) is 4.18. The molecule has 17 heavy (non-hydrogen) atoms. The molecule has 1 aromatic rings. The molecule has 0 saturated carbocycles. The summed E-state index contributed by atoms with van der Waals surface area (Å²) in [5.74, 6) is 1.21. The Labute approximate surface area is 113 Å². The van der Waals surface area contributed by atoms with Crippen molar-refractivity contribution in [2.45, 2.75) is 37.6 Å². The summed E-state index contributed by atoms with van der Waals surface area (Å²) >= 11 is 3.83. The second kappa shape index (κ2) is 5.31. The highest BCUT2D eigenvalue weighted by atomic mass is 32.2. The van der Waals surface area contributed by atoms with Crippen molar-refractivity contribution in [1.29, 1.82) is 0 Å². The zero-order chi connectivity index (χ0) is 12.5. The van der Waals surface area contributed by atoms with Crippen LogP contribution < -0.4 is 5.73 Å². The van der Waals surface area contributed by atoms with Crippen molar-refractivity contribution in [2.24, 2.45) is 5.73 Å². The van der Waals surface area contributed by atoms with E-state index in [1.54, 1.807) is 11.3 Å². The average molecular weight is 270 g/mol. The fourth-order valence-corrected chi connectivity index (χ4v) is 4.41. The molecule has 1 saturated heterocycles. The van der Waals surface area contributed by atoms with E-state index in [2.05, 4.69) is 54.3 Å². The standard InChI is InChI=1S/C13H22N2S2/c1-10(14)12(11-4-6-16-8-11)15-5-7-17-13(2,3)9-15/h4,6,8,10,12H,5,7,9,14H2,1-3H3. The van der Waals surface area contributed by atoms with Crippen LogP contribution in [0.25, 0.3) is 0 Å². The van der Waals surface area contributed by atoms with Gasteiger partial charge in [-0.3, -0.25) is 4.90 Å². The lowest BCUT2D eigenvalue weighted by Gasteiger charge is -2.43. The third kappa shape index (κ3) is 3.25. The van der Waals surface area contributed by atoms with E-state index in [0.29, 0.717) is 10.8 Å². The first-order valence-corrected chi connectivity index (χ1v) is 8.08. The first-order chi connectivity index (χ1) is 7.99. The van der Waals surface area contributed by atoms with Gasteiger partial charge < -0.3 is 5.73 Å². The third-order valence-electron chi connectivity index (χ3n) is 3.23. The van der Waals surface area contributed by atoms with Gasteiger partial charge in [0.05, 0.1) is 6.04 Å². The van der Waals surface area contributed by atoms with Crippen molar-refractivity contribution in [2.75, 3.05) is 18.8 Å². The van der Waals surface area contributed by atoms with Crippen LogP contribution >= 0.6 is 23.1 Å². The van der Waals surface area contributed by atoms with Gasteiger partial charge in [0, 0.05) is 29.6 Å². The minimum atomic E-state index is 0.184. The molecular formula is C13H22N2S2. The summed E-state index contributed by atoms with van der Waals surface area (Å²) in [6.45, 7) is 9.05. The van der Waals surface area contributed by atoms with E-state index in [9.17, 15) is 0 Å². The molecule has 1 aromatic heterocycles. The van der Waals surface area contributed by atoms with Gasteiger partial charge in [0.15, 0.2) is 0 Å². The van der Waals surface area contributed by atoms with Gasteiger partial charge in [-0.25, -0.2) is 0 Å². The number of hydrogen-bond acceptors (Lipinski definition) is 4. The van der Waals surface area contributed by atoms with Crippen molar-refractivity contribution in [3.05, 3.63) is 22.4 Å². The van der Waals surface area contributed by atoms with E-state index in [4.69, 9.17) is 5.73 Å². The van der Waals surface area contributed by atoms with Gasteiger partial charge in [0.1, 0.15) is 0 Å². The number of hydrogen-bond donors (Lipinski definition) is 1. The molecule has 2 nitrogen and oxygen atoms in total. The molecular weight excluding hydrogens is 248 g/mol. The number of thioether (sulfide) groups is 1. The van der Waals surface area contributed by atoms with E-state index in [1.807, 2.05) is 0 Å². The third-order valence-corrected chi connectivity index (χ3v) is 5.23. The largest absolute Gasteiger partial charge is 0.326 e. The number of thiophene rings is 1. The quantitative estimate of drug-likeness (QED) is 0.915. The maximum atomic E-state index is 6.20. The molecule has 0 spiro atoms. The smallest absolute Gasteiger partial charge is 0.0505 e. The molecule has 2 heterocycles. The molecule has 1 fully saturated rings. The lowest BCUT2D eigenvalue weighted by molar-refractivity contribution is 0.169. The number of rotatable bonds is 3. The van der Waals surface area contributed by atoms with Crippen LogP contribution in [0.1, 0.15) is 32.4 Å². The molecule has 0 aliphatic carbocycles. The van der Waals surface area contributed by atoms with Crippen LogP contribution in [0.15, 0.2) is 16.8 Å². The van der Waals surface area contributed by atoms with Crippen molar-refractivity contribution in [1.82, 2.24) is 4.90 Å². The van der Waals surface area contributed by atoms with Crippen LogP contribution in [0.3, 0.4) is 0 Å². The second-order valence-electron chi connectivity index (χ2n) is 5.44. The SMILES string of the molecule is CC(N)C(c1ccsc1)N1CCSC(C)(C)C1. The molecule has 2 unspecified atom stereocenters. The molecule has 0 aromatic carbocycles. The van der Waals surface area contributed by atoms with Gasteiger partial charge in [-0.2, -0.15) is 23.1 Å². The summed E-state index contributed by atoms with van der Waals surface area (Å²) in [4.78, 5) is 2.56. The molecule has 2 rings (SSSR count). The summed E-state index contributed by atoms with van der Waals surface area (Å²) in [5.41, 5.74) is 7.59. The number of nitrogens with zero attached hydrogens (tertiary/aromatic N) is 1. The van der Waals surface area contributed by atoms with E-state index in [-0.39, 0.29) is 6.04 Å². The Morgan fingerprint density at radius 3 is 2.76 bits per heavy atom. The molecule has 1 aliphatic rings. The van der Waals surface area contributed by atoms with Gasteiger partial charge in [-0.15, -0.1) is 0 Å². The zero-order valence-corrected chi connectivity index (χ0v) is 12.5. The van der Waals surface area contributed by atoms with Crippen molar-refractivity contribution in [3.63, 3.8) is 0 Å². The van der Waals surface area contributed by atoms with Gasteiger partial charge in [0.2, 0.25) is 0 Å². The van der Waals surface area contributed by atoms with Gasteiger partial charge >= 0.3 is 0 Å². The molecule has 96 valence electrons. The van der Waals surface area contributed by atoms with Crippen LogP contribution in [-0.2, 0) is 0 Å². The van der Waals surface area contributed by atoms with Crippen molar-refractivity contribution < 1.29 is 0 Å². The number of nitrogens with two attached hydrogens (primary N) is 1. The van der Waals surface area contributed by atoms with Gasteiger partial charge in [0.25, 0.3) is 0 Å². The Bertz CT molecular complexity index is 346. The Morgan fingerprint density at radius 2 is 2.24 bits per heavy atom. The monoisotopic (exact) mass is 270 g/mol. The maximum absolute atomic E-state index is 6.20. The zero-order valence-electron chi connectivity index (χ0n) is 10.8.